The largest absolute Gasteiger partial charge is 0.493 e. The third-order valence-corrected chi connectivity index (χ3v) is 3.84. The molecule has 8 nitrogen and oxygen atoms in total. The van der Waals surface area contributed by atoms with Crippen LogP contribution in [0.1, 0.15) is 11.1 Å². The molecule has 0 aliphatic heterocycles. The number of hydrogen-bond acceptors (Lipinski definition) is 8. The van der Waals surface area contributed by atoms with Crippen molar-refractivity contribution in [3.8, 4) is 11.8 Å². The van der Waals surface area contributed by atoms with Gasteiger partial charge in [-0.05, 0) is 12.5 Å². The molecule has 4 N–H and O–H groups in total. The number of rotatable bonds is 4. The maximum atomic E-state index is 11.9. The van der Waals surface area contributed by atoms with Gasteiger partial charge in [-0.15, -0.1) is 0 Å². The summed E-state index contributed by atoms with van der Waals surface area (Å²) in [4.78, 5) is 36.3. The van der Waals surface area contributed by atoms with Gasteiger partial charge in [0.15, 0.2) is 10.3 Å². The summed E-state index contributed by atoms with van der Waals surface area (Å²) in [5, 5.41) is 20.1. The Balaban J connectivity index is 2.49. The number of nitrogens with zero attached hydrogens (tertiary/aromatic N) is 2. The molecular formula is C11H12N4O4S2. The molecule has 0 saturated heterocycles. The molecule has 2 rings (SSSR count). The quantitative estimate of drug-likeness (QED) is 0.465. The summed E-state index contributed by atoms with van der Waals surface area (Å²) in [5.74, 6) is -0.952. The van der Waals surface area contributed by atoms with Crippen molar-refractivity contribution in [2.24, 2.45) is 0 Å². The Labute approximate surface area is 127 Å². The number of hydrogen-bond donors (Lipinski definition) is 4. The molecule has 21 heavy (non-hydrogen) atoms. The van der Waals surface area contributed by atoms with Gasteiger partial charge in [-0.3, -0.25) is 9.59 Å². The molecule has 0 aliphatic carbocycles. The second-order valence-electron chi connectivity index (χ2n) is 3.93. The van der Waals surface area contributed by atoms with Crippen molar-refractivity contribution in [3.63, 3.8) is 0 Å². The minimum Gasteiger partial charge on any atom is -0.493 e. The van der Waals surface area contributed by atoms with Gasteiger partial charge in [-0.25, -0.2) is 0 Å². The number of thioether (sulfide) groups is 2. The number of nitrogens with one attached hydrogen (secondary N) is 2. The smallest absolute Gasteiger partial charge is 0.258 e. The molecule has 0 aliphatic rings. The fourth-order valence-electron chi connectivity index (χ4n) is 1.62. The first-order valence-corrected chi connectivity index (χ1v) is 8.13. The molecule has 112 valence electrons. The van der Waals surface area contributed by atoms with Crippen molar-refractivity contribution < 1.29 is 10.2 Å². The fourth-order valence-corrected chi connectivity index (χ4v) is 2.37. The van der Waals surface area contributed by atoms with Gasteiger partial charge < -0.3 is 20.2 Å². The standard InChI is InChI=1S/C11H12N4O4S2/c1-20-10-12-6(16)4(7(17)13-10)3-5-8(18)14-11(21-2)15-9(5)19/h3H2,1-2H3,(H2,12,13,16,17)(H2,14,15,18,19). The zero-order valence-corrected chi connectivity index (χ0v) is 12.8. The first kappa shape index (κ1) is 15.4. The average Bonchev–Trinajstić information content (AvgIpc) is 2.44. The van der Waals surface area contributed by atoms with Crippen molar-refractivity contribution in [3.05, 3.63) is 31.8 Å². The minimum absolute atomic E-state index is 0.104. The molecule has 2 aromatic heterocycles. The maximum Gasteiger partial charge on any atom is 0.258 e. The zero-order chi connectivity index (χ0) is 15.6. The van der Waals surface area contributed by atoms with E-state index in [1.165, 1.54) is 0 Å². The lowest BCUT2D eigenvalue weighted by Gasteiger charge is -2.06. The van der Waals surface area contributed by atoms with Gasteiger partial charge in [-0.1, -0.05) is 23.5 Å². The van der Waals surface area contributed by atoms with Gasteiger partial charge in [0.25, 0.3) is 11.1 Å². The Morgan fingerprint density at radius 3 is 1.57 bits per heavy atom. The summed E-state index contributed by atoms with van der Waals surface area (Å²) >= 11 is 2.33. The van der Waals surface area contributed by atoms with E-state index in [0.717, 1.165) is 23.5 Å². The third-order valence-electron chi connectivity index (χ3n) is 2.68. The molecule has 0 radical (unpaired) electrons. The molecule has 0 saturated carbocycles. The molecule has 0 atom stereocenters. The van der Waals surface area contributed by atoms with E-state index in [1.807, 2.05) is 0 Å². The highest BCUT2D eigenvalue weighted by molar-refractivity contribution is 7.98. The van der Waals surface area contributed by atoms with E-state index in [-0.39, 0.29) is 27.9 Å². The summed E-state index contributed by atoms with van der Waals surface area (Å²) in [6.07, 6.45) is 3.11. The van der Waals surface area contributed by atoms with Gasteiger partial charge in [-0.2, -0.15) is 9.97 Å². The highest BCUT2D eigenvalue weighted by Crippen LogP contribution is 2.20. The first-order chi connectivity index (χ1) is 9.96. The SMILES string of the molecule is CSc1nc(O)c(Cc2c(O)nc(SC)[nH]c2=O)c(=O)[nH]1. The van der Waals surface area contributed by atoms with Crippen molar-refractivity contribution in [2.45, 2.75) is 16.7 Å². The van der Waals surface area contributed by atoms with E-state index >= 15 is 0 Å². The summed E-state index contributed by atoms with van der Waals surface area (Å²) in [6, 6.07) is 0. The van der Waals surface area contributed by atoms with Gasteiger partial charge >= 0.3 is 0 Å². The van der Waals surface area contributed by atoms with Crippen LogP contribution in [0.3, 0.4) is 0 Å². The van der Waals surface area contributed by atoms with Crippen LogP contribution in [-0.2, 0) is 6.42 Å². The summed E-state index contributed by atoms with van der Waals surface area (Å²) in [6.45, 7) is 0. The molecule has 2 heterocycles. The Morgan fingerprint density at radius 2 is 1.29 bits per heavy atom. The summed E-state index contributed by atoms with van der Waals surface area (Å²) in [5.41, 5.74) is -1.35. The van der Waals surface area contributed by atoms with Crippen LogP contribution in [0, 0.1) is 0 Å². The number of aromatic amines is 2. The summed E-state index contributed by atoms with van der Waals surface area (Å²) in [7, 11) is 0. The highest BCUT2D eigenvalue weighted by Gasteiger charge is 2.17. The molecule has 0 bridgehead atoms. The van der Waals surface area contributed by atoms with Crippen LogP contribution in [0.15, 0.2) is 19.9 Å². The average molecular weight is 328 g/mol. The highest BCUT2D eigenvalue weighted by atomic mass is 32.2. The van der Waals surface area contributed by atoms with Crippen LogP contribution in [-0.4, -0.2) is 42.7 Å². The van der Waals surface area contributed by atoms with Crippen LogP contribution < -0.4 is 11.1 Å². The van der Waals surface area contributed by atoms with Gasteiger partial charge in [0, 0.05) is 6.42 Å². The van der Waals surface area contributed by atoms with Crippen molar-refractivity contribution in [2.75, 3.05) is 12.5 Å². The Morgan fingerprint density at radius 1 is 0.905 bits per heavy atom. The number of aromatic nitrogens is 4. The van der Waals surface area contributed by atoms with E-state index in [0.29, 0.717) is 0 Å². The van der Waals surface area contributed by atoms with E-state index in [1.54, 1.807) is 12.5 Å². The molecule has 0 unspecified atom stereocenters. The second kappa shape index (κ2) is 6.22. The lowest BCUT2D eigenvalue weighted by Crippen LogP contribution is -2.20. The van der Waals surface area contributed by atoms with Crippen LogP contribution in [0.4, 0.5) is 0 Å². The minimum atomic E-state index is -0.570. The Hall–Kier alpha value is -1.94. The molecule has 0 aromatic carbocycles. The van der Waals surface area contributed by atoms with Gasteiger partial charge in [0.1, 0.15) is 0 Å². The van der Waals surface area contributed by atoms with Gasteiger partial charge in [0.05, 0.1) is 11.1 Å². The molecule has 10 heteroatoms. The maximum absolute atomic E-state index is 11.9. The van der Waals surface area contributed by atoms with Crippen molar-refractivity contribution in [1.82, 2.24) is 19.9 Å². The van der Waals surface area contributed by atoms with E-state index < -0.39 is 22.9 Å². The molecule has 2 aromatic rings. The van der Waals surface area contributed by atoms with Crippen LogP contribution >= 0.6 is 23.5 Å². The van der Waals surface area contributed by atoms with Crippen molar-refractivity contribution in [1.29, 1.82) is 0 Å². The van der Waals surface area contributed by atoms with E-state index in [2.05, 4.69) is 19.9 Å². The zero-order valence-electron chi connectivity index (χ0n) is 11.1. The Bertz CT molecular complexity index is 721. The Kier molecular flexibility index (Phi) is 4.58. The predicted molar refractivity (Wildman–Crippen MR) is 79.4 cm³/mol. The number of H-pyrrole nitrogens is 2. The molecule has 0 amide bonds. The van der Waals surface area contributed by atoms with Crippen LogP contribution in [0.5, 0.6) is 11.8 Å². The lowest BCUT2D eigenvalue weighted by atomic mass is 10.1. The molecular weight excluding hydrogens is 316 g/mol. The van der Waals surface area contributed by atoms with Crippen LogP contribution in [0.2, 0.25) is 0 Å². The van der Waals surface area contributed by atoms with Crippen molar-refractivity contribution >= 4 is 23.5 Å². The predicted octanol–water partition coefficient (Wildman–Crippen LogP) is 0.299. The van der Waals surface area contributed by atoms with E-state index in [4.69, 9.17) is 0 Å². The normalized spacial score (nSPS) is 10.8. The lowest BCUT2D eigenvalue weighted by molar-refractivity contribution is 0.429. The fraction of sp³-hybridized carbons (Fsp3) is 0.273. The summed E-state index contributed by atoms with van der Waals surface area (Å²) < 4.78 is 0. The monoisotopic (exact) mass is 328 g/mol. The number of aromatic hydroxyl groups is 2. The van der Waals surface area contributed by atoms with Crippen LogP contribution in [0.25, 0.3) is 0 Å². The van der Waals surface area contributed by atoms with Gasteiger partial charge in [0.2, 0.25) is 11.8 Å². The molecule has 0 spiro atoms. The first-order valence-electron chi connectivity index (χ1n) is 5.68. The topological polar surface area (TPSA) is 132 Å². The second-order valence-corrected chi connectivity index (χ2v) is 5.52. The molecule has 0 fully saturated rings. The van der Waals surface area contributed by atoms with E-state index in [9.17, 15) is 19.8 Å². The third kappa shape index (κ3) is 3.22.